The zero-order valence-corrected chi connectivity index (χ0v) is 15.5. The number of ether oxygens (including phenoxy) is 2. The van der Waals surface area contributed by atoms with Gasteiger partial charge in [0.2, 0.25) is 0 Å². The van der Waals surface area contributed by atoms with Crippen LogP contribution in [0.1, 0.15) is 30.0 Å². The number of carbonyl (C=O) groups is 1. The first-order valence-corrected chi connectivity index (χ1v) is 8.64. The number of carbonyl (C=O) groups excluding carboxylic acids is 1. The van der Waals surface area contributed by atoms with Gasteiger partial charge in [0.15, 0.2) is 6.10 Å². The maximum Gasteiger partial charge on any atom is 0.260 e. The van der Waals surface area contributed by atoms with Crippen LogP contribution in [0.25, 0.3) is 0 Å². The lowest BCUT2D eigenvalue weighted by atomic mass is 10.1. The first-order chi connectivity index (χ1) is 12.0. The maximum atomic E-state index is 12.2. The molecule has 25 heavy (non-hydrogen) atoms. The lowest BCUT2D eigenvalue weighted by Gasteiger charge is -2.16. The van der Waals surface area contributed by atoms with Crippen LogP contribution in [0, 0.1) is 13.8 Å². The summed E-state index contributed by atoms with van der Waals surface area (Å²) in [6.45, 7) is 6.40. The fourth-order valence-electron chi connectivity index (χ4n) is 2.72. The van der Waals surface area contributed by atoms with Gasteiger partial charge in [-0.3, -0.25) is 4.79 Å². The topological polar surface area (TPSA) is 47.6 Å². The number of hydrogen-bond donors (Lipinski definition) is 1. The van der Waals surface area contributed by atoms with E-state index >= 15 is 0 Å². The fraction of sp³-hybridized carbons (Fsp3) is 0.381. The molecule has 0 aliphatic heterocycles. The molecule has 0 spiro atoms. The third-order valence-electron chi connectivity index (χ3n) is 4.12. The SMILES string of the molecule is COc1ccccc1CCCNC(=O)[C@@H](C)Oc1ccc(C)cc1C. The molecule has 0 aliphatic carbocycles. The molecule has 1 N–H and O–H groups in total. The first-order valence-electron chi connectivity index (χ1n) is 8.64. The number of methoxy groups -OCH3 is 1. The van der Waals surface area contributed by atoms with Crippen molar-refractivity contribution in [2.75, 3.05) is 13.7 Å². The molecule has 0 bridgehead atoms. The van der Waals surface area contributed by atoms with Crippen LogP contribution in [-0.2, 0) is 11.2 Å². The number of rotatable bonds is 8. The summed E-state index contributed by atoms with van der Waals surface area (Å²) >= 11 is 0. The molecule has 4 heteroatoms. The van der Waals surface area contributed by atoms with E-state index in [4.69, 9.17) is 9.47 Å². The van der Waals surface area contributed by atoms with Crippen molar-refractivity contribution < 1.29 is 14.3 Å². The Labute approximate surface area is 150 Å². The summed E-state index contributed by atoms with van der Waals surface area (Å²) < 4.78 is 11.1. The fourth-order valence-corrected chi connectivity index (χ4v) is 2.72. The average Bonchev–Trinajstić information content (AvgIpc) is 2.61. The molecule has 0 heterocycles. The monoisotopic (exact) mass is 341 g/mol. The first kappa shape index (κ1) is 18.8. The van der Waals surface area contributed by atoms with E-state index in [1.807, 2.05) is 56.3 Å². The van der Waals surface area contributed by atoms with Crippen LogP contribution in [0.5, 0.6) is 11.5 Å². The van der Waals surface area contributed by atoms with Gasteiger partial charge in [-0.25, -0.2) is 0 Å². The van der Waals surface area contributed by atoms with E-state index in [-0.39, 0.29) is 5.91 Å². The summed E-state index contributed by atoms with van der Waals surface area (Å²) in [7, 11) is 1.67. The van der Waals surface area contributed by atoms with E-state index in [0.717, 1.165) is 35.5 Å². The Morgan fingerprint density at radius 2 is 1.88 bits per heavy atom. The highest BCUT2D eigenvalue weighted by atomic mass is 16.5. The summed E-state index contributed by atoms with van der Waals surface area (Å²) in [4.78, 5) is 12.2. The van der Waals surface area contributed by atoms with Gasteiger partial charge in [0, 0.05) is 6.54 Å². The van der Waals surface area contributed by atoms with Crippen molar-refractivity contribution in [3.05, 3.63) is 59.2 Å². The smallest absolute Gasteiger partial charge is 0.260 e. The molecular weight excluding hydrogens is 314 g/mol. The molecule has 2 aromatic carbocycles. The summed E-state index contributed by atoms with van der Waals surface area (Å²) in [6, 6.07) is 13.9. The standard InChI is InChI=1S/C21H27NO3/c1-15-11-12-19(16(2)14-15)25-17(3)21(23)22-13-7-9-18-8-5-6-10-20(18)24-4/h5-6,8,10-12,14,17H,7,9,13H2,1-4H3,(H,22,23)/t17-/m1/s1. The van der Waals surface area contributed by atoms with E-state index in [1.165, 1.54) is 5.56 Å². The van der Waals surface area contributed by atoms with E-state index in [1.54, 1.807) is 14.0 Å². The number of benzene rings is 2. The Bertz CT molecular complexity index is 712. The second kappa shape index (κ2) is 9.11. The van der Waals surface area contributed by atoms with Crippen LogP contribution in [0.4, 0.5) is 0 Å². The van der Waals surface area contributed by atoms with Crippen LogP contribution in [0.15, 0.2) is 42.5 Å². The highest BCUT2D eigenvalue weighted by molar-refractivity contribution is 5.80. The summed E-state index contributed by atoms with van der Waals surface area (Å²) in [5.41, 5.74) is 3.37. The van der Waals surface area contributed by atoms with Crippen molar-refractivity contribution in [3.63, 3.8) is 0 Å². The largest absolute Gasteiger partial charge is 0.496 e. The van der Waals surface area contributed by atoms with E-state index in [9.17, 15) is 4.79 Å². The molecule has 4 nitrogen and oxygen atoms in total. The lowest BCUT2D eigenvalue weighted by Crippen LogP contribution is -2.37. The molecule has 0 saturated carbocycles. The summed E-state index contributed by atoms with van der Waals surface area (Å²) in [6.07, 6.45) is 1.19. The third-order valence-corrected chi connectivity index (χ3v) is 4.12. The molecule has 0 aromatic heterocycles. The van der Waals surface area contributed by atoms with Crippen LogP contribution < -0.4 is 14.8 Å². The molecule has 0 radical (unpaired) electrons. The van der Waals surface area contributed by atoms with Gasteiger partial charge in [-0.1, -0.05) is 35.9 Å². The molecule has 0 aliphatic rings. The van der Waals surface area contributed by atoms with Crippen molar-refractivity contribution in [1.82, 2.24) is 5.32 Å². The number of para-hydroxylation sites is 1. The quantitative estimate of drug-likeness (QED) is 0.742. The zero-order chi connectivity index (χ0) is 18.2. The number of amides is 1. The van der Waals surface area contributed by atoms with Gasteiger partial charge < -0.3 is 14.8 Å². The predicted octanol–water partition coefficient (Wildman–Crippen LogP) is 3.83. The summed E-state index contributed by atoms with van der Waals surface area (Å²) in [5, 5.41) is 2.94. The minimum Gasteiger partial charge on any atom is -0.496 e. The number of nitrogens with one attached hydrogen (secondary N) is 1. The minimum absolute atomic E-state index is 0.0972. The molecule has 1 atom stereocenters. The Hall–Kier alpha value is -2.49. The molecule has 2 rings (SSSR count). The Morgan fingerprint density at radius 1 is 1.12 bits per heavy atom. The second-order valence-electron chi connectivity index (χ2n) is 6.24. The maximum absolute atomic E-state index is 12.2. The number of hydrogen-bond acceptors (Lipinski definition) is 3. The van der Waals surface area contributed by atoms with Crippen molar-refractivity contribution in [2.24, 2.45) is 0 Å². The van der Waals surface area contributed by atoms with Gasteiger partial charge in [0.1, 0.15) is 11.5 Å². The van der Waals surface area contributed by atoms with Crippen LogP contribution >= 0.6 is 0 Å². The van der Waals surface area contributed by atoms with Crippen LogP contribution in [0.3, 0.4) is 0 Å². The summed E-state index contributed by atoms with van der Waals surface area (Å²) in [5.74, 6) is 1.54. The Kier molecular flexibility index (Phi) is 6.87. The molecule has 1 amide bonds. The lowest BCUT2D eigenvalue weighted by molar-refractivity contribution is -0.127. The molecule has 0 fully saturated rings. The Balaban J connectivity index is 1.77. The highest BCUT2D eigenvalue weighted by Gasteiger charge is 2.15. The van der Waals surface area contributed by atoms with Crippen LogP contribution in [-0.4, -0.2) is 25.7 Å². The number of aryl methyl sites for hydroxylation is 3. The van der Waals surface area contributed by atoms with Crippen molar-refractivity contribution >= 4 is 5.91 Å². The van der Waals surface area contributed by atoms with E-state index in [0.29, 0.717) is 6.54 Å². The normalized spacial score (nSPS) is 11.7. The van der Waals surface area contributed by atoms with Gasteiger partial charge >= 0.3 is 0 Å². The third kappa shape index (κ3) is 5.52. The van der Waals surface area contributed by atoms with Gasteiger partial charge in [0.05, 0.1) is 7.11 Å². The van der Waals surface area contributed by atoms with Gasteiger partial charge in [-0.15, -0.1) is 0 Å². The van der Waals surface area contributed by atoms with E-state index in [2.05, 4.69) is 5.32 Å². The second-order valence-corrected chi connectivity index (χ2v) is 6.24. The van der Waals surface area contributed by atoms with Gasteiger partial charge in [-0.2, -0.15) is 0 Å². The van der Waals surface area contributed by atoms with Gasteiger partial charge in [0.25, 0.3) is 5.91 Å². The predicted molar refractivity (Wildman–Crippen MR) is 100 cm³/mol. The minimum atomic E-state index is -0.521. The molecule has 134 valence electrons. The molecular formula is C21H27NO3. The van der Waals surface area contributed by atoms with Gasteiger partial charge in [-0.05, 0) is 56.9 Å². The highest BCUT2D eigenvalue weighted by Crippen LogP contribution is 2.20. The zero-order valence-electron chi connectivity index (χ0n) is 15.5. The molecule has 2 aromatic rings. The average molecular weight is 341 g/mol. The van der Waals surface area contributed by atoms with Crippen LogP contribution in [0.2, 0.25) is 0 Å². The van der Waals surface area contributed by atoms with Crippen molar-refractivity contribution in [1.29, 1.82) is 0 Å². The van der Waals surface area contributed by atoms with E-state index < -0.39 is 6.10 Å². The van der Waals surface area contributed by atoms with Crippen molar-refractivity contribution in [3.8, 4) is 11.5 Å². The Morgan fingerprint density at radius 3 is 2.60 bits per heavy atom. The molecule has 0 unspecified atom stereocenters. The molecule has 0 saturated heterocycles. The van der Waals surface area contributed by atoms with Crippen molar-refractivity contribution in [2.45, 2.75) is 39.7 Å².